The smallest absolute Gasteiger partial charge is 0.123 e. The first-order valence-electron chi connectivity index (χ1n) is 7.84. The average molecular weight is 371 g/mol. The van der Waals surface area contributed by atoms with Crippen LogP contribution in [-0.2, 0) is 13.0 Å². The van der Waals surface area contributed by atoms with Gasteiger partial charge in [-0.3, -0.25) is 4.98 Å². The van der Waals surface area contributed by atoms with E-state index >= 15 is 0 Å². The van der Waals surface area contributed by atoms with E-state index in [4.69, 9.17) is 16.3 Å². The number of carbonyl (C=O) groups excluding carboxylic acids is 1. The molecule has 0 bridgehead atoms. The summed E-state index contributed by atoms with van der Waals surface area (Å²) in [5, 5.41) is 11.5. The molecule has 3 aromatic rings. The molecule has 0 atom stereocenters. The van der Waals surface area contributed by atoms with E-state index in [9.17, 15) is 14.3 Å². The molecule has 0 N–H and O–H groups in total. The fourth-order valence-electron chi connectivity index (χ4n) is 2.46. The van der Waals surface area contributed by atoms with Gasteiger partial charge in [-0.1, -0.05) is 29.8 Å². The number of pyridine rings is 1. The molecule has 2 aromatic carbocycles. The summed E-state index contributed by atoms with van der Waals surface area (Å²) < 4.78 is 18.8. The Balaban J connectivity index is 1.80. The summed E-state index contributed by atoms with van der Waals surface area (Å²) in [7, 11) is 0. The van der Waals surface area contributed by atoms with Crippen molar-refractivity contribution in [2.75, 3.05) is 0 Å². The first-order chi connectivity index (χ1) is 12.5. The van der Waals surface area contributed by atoms with Gasteiger partial charge in [0, 0.05) is 22.7 Å². The number of aromatic nitrogens is 1. The number of halogens is 2. The molecule has 0 spiro atoms. The minimum atomic E-state index is -1.33. The molecule has 0 amide bonds. The molecule has 4 nitrogen and oxygen atoms in total. The third-order valence-electron chi connectivity index (χ3n) is 3.72. The monoisotopic (exact) mass is 370 g/mol. The van der Waals surface area contributed by atoms with Crippen LogP contribution in [0.1, 0.15) is 27.3 Å². The van der Waals surface area contributed by atoms with Gasteiger partial charge in [0.1, 0.15) is 18.2 Å². The Kier molecular flexibility index (Phi) is 5.49. The van der Waals surface area contributed by atoms with Crippen molar-refractivity contribution >= 4 is 17.6 Å². The fraction of sp³-hybridized carbons (Fsp3) is 0.100. The van der Waals surface area contributed by atoms with Gasteiger partial charge in [-0.05, 0) is 48.0 Å². The molecule has 26 heavy (non-hydrogen) atoms. The van der Waals surface area contributed by atoms with E-state index in [-0.39, 0.29) is 18.1 Å². The van der Waals surface area contributed by atoms with Gasteiger partial charge in [-0.2, -0.15) is 0 Å². The van der Waals surface area contributed by atoms with Gasteiger partial charge < -0.3 is 14.6 Å². The maximum Gasteiger partial charge on any atom is 0.123 e. The number of carboxylic acids is 1. The summed E-state index contributed by atoms with van der Waals surface area (Å²) in [6, 6.07) is 15.9. The lowest BCUT2D eigenvalue weighted by Gasteiger charge is -2.13. The zero-order valence-corrected chi connectivity index (χ0v) is 14.4. The quantitative estimate of drug-likeness (QED) is 0.667. The SMILES string of the molecule is O=C([O-])c1cccc(Cc2cc(Cl)ccc2OCc2ccc(F)cc2)n1. The number of aromatic carboxylic acids is 1. The highest BCUT2D eigenvalue weighted by molar-refractivity contribution is 6.30. The van der Waals surface area contributed by atoms with E-state index in [1.165, 1.54) is 18.2 Å². The van der Waals surface area contributed by atoms with E-state index in [1.54, 1.807) is 42.5 Å². The van der Waals surface area contributed by atoms with Crippen LogP contribution in [0.25, 0.3) is 0 Å². The van der Waals surface area contributed by atoms with Gasteiger partial charge in [0.15, 0.2) is 0 Å². The Labute approximate surface area is 154 Å². The van der Waals surface area contributed by atoms with Crippen molar-refractivity contribution in [2.45, 2.75) is 13.0 Å². The third kappa shape index (κ3) is 4.58. The number of carbonyl (C=O) groups is 1. The second-order valence-electron chi connectivity index (χ2n) is 5.65. The van der Waals surface area contributed by atoms with Crippen LogP contribution in [-0.4, -0.2) is 11.0 Å². The van der Waals surface area contributed by atoms with E-state index in [0.717, 1.165) is 11.1 Å². The van der Waals surface area contributed by atoms with Crippen molar-refractivity contribution in [2.24, 2.45) is 0 Å². The van der Waals surface area contributed by atoms with Crippen LogP contribution in [0.2, 0.25) is 5.02 Å². The fourth-order valence-corrected chi connectivity index (χ4v) is 2.65. The van der Waals surface area contributed by atoms with Gasteiger partial charge in [-0.15, -0.1) is 0 Å². The van der Waals surface area contributed by atoms with Gasteiger partial charge >= 0.3 is 0 Å². The molecule has 132 valence electrons. The molecule has 3 rings (SSSR count). The Hall–Kier alpha value is -2.92. The first kappa shape index (κ1) is 17.9. The molecular formula is C20H14ClFNO3-. The molecule has 0 aliphatic rings. The summed E-state index contributed by atoms with van der Waals surface area (Å²) in [5.74, 6) is -1.04. The average Bonchev–Trinajstić information content (AvgIpc) is 2.63. The largest absolute Gasteiger partial charge is 0.543 e. The number of hydrogen-bond donors (Lipinski definition) is 0. The molecule has 0 saturated carbocycles. The lowest BCUT2D eigenvalue weighted by Crippen LogP contribution is -2.23. The van der Waals surface area contributed by atoms with E-state index in [2.05, 4.69) is 4.98 Å². The predicted octanol–water partition coefficient (Wildman–Crippen LogP) is 3.41. The molecule has 1 aromatic heterocycles. The Morgan fingerprint density at radius 2 is 1.88 bits per heavy atom. The van der Waals surface area contributed by atoms with Gasteiger partial charge in [0.25, 0.3) is 0 Å². The zero-order chi connectivity index (χ0) is 18.5. The van der Waals surface area contributed by atoms with Gasteiger partial charge in [-0.25, -0.2) is 4.39 Å². The number of benzene rings is 2. The van der Waals surface area contributed by atoms with Gasteiger partial charge in [0.05, 0.1) is 11.7 Å². The van der Waals surface area contributed by atoms with Crippen LogP contribution in [0.5, 0.6) is 5.75 Å². The highest BCUT2D eigenvalue weighted by Crippen LogP contribution is 2.26. The molecule has 6 heteroatoms. The molecular weight excluding hydrogens is 357 g/mol. The van der Waals surface area contributed by atoms with Crippen molar-refractivity contribution in [1.29, 1.82) is 0 Å². The molecule has 0 unspecified atom stereocenters. The summed E-state index contributed by atoms with van der Waals surface area (Å²) in [4.78, 5) is 15.0. The van der Waals surface area contributed by atoms with E-state index in [1.807, 2.05) is 0 Å². The highest BCUT2D eigenvalue weighted by Gasteiger charge is 2.09. The number of carboxylic acid groups (broad SMARTS) is 1. The maximum atomic E-state index is 13.0. The van der Waals surface area contributed by atoms with Crippen LogP contribution in [0.3, 0.4) is 0 Å². The summed E-state index contributed by atoms with van der Waals surface area (Å²) >= 11 is 6.08. The second kappa shape index (κ2) is 7.97. The lowest BCUT2D eigenvalue weighted by atomic mass is 10.1. The molecule has 0 radical (unpaired) electrons. The summed E-state index contributed by atoms with van der Waals surface area (Å²) in [6.07, 6.45) is 0.348. The second-order valence-corrected chi connectivity index (χ2v) is 6.08. The zero-order valence-electron chi connectivity index (χ0n) is 13.6. The maximum absolute atomic E-state index is 13.0. The van der Waals surface area contributed by atoms with Crippen molar-refractivity contribution < 1.29 is 19.0 Å². The highest BCUT2D eigenvalue weighted by atomic mass is 35.5. The van der Waals surface area contributed by atoms with Gasteiger partial charge in [0.2, 0.25) is 0 Å². The minimum absolute atomic E-state index is 0.127. The van der Waals surface area contributed by atoms with Crippen LogP contribution in [0.15, 0.2) is 60.7 Å². The number of hydrogen-bond acceptors (Lipinski definition) is 4. The van der Waals surface area contributed by atoms with E-state index < -0.39 is 5.97 Å². The molecule has 0 saturated heterocycles. The topological polar surface area (TPSA) is 62.2 Å². The normalized spacial score (nSPS) is 10.5. The van der Waals surface area contributed by atoms with Crippen molar-refractivity contribution in [1.82, 2.24) is 4.98 Å². The van der Waals surface area contributed by atoms with E-state index in [0.29, 0.717) is 22.9 Å². The van der Waals surface area contributed by atoms with Crippen molar-refractivity contribution in [3.05, 3.63) is 94.0 Å². The minimum Gasteiger partial charge on any atom is -0.543 e. The van der Waals surface area contributed by atoms with Crippen molar-refractivity contribution in [3.63, 3.8) is 0 Å². The molecule has 0 fully saturated rings. The number of nitrogens with zero attached hydrogens (tertiary/aromatic N) is 1. The molecule has 0 aliphatic carbocycles. The Morgan fingerprint density at radius 3 is 2.62 bits per heavy atom. The Bertz CT molecular complexity index is 929. The number of rotatable bonds is 6. The predicted molar refractivity (Wildman–Crippen MR) is 93.6 cm³/mol. The number of ether oxygens (including phenoxy) is 1. The first-order valence-corrected chi connectivity index (χ1v) is 8.22. The summed E-state index contributed by atoms with van der Waals surface area (Å²) in [6.45, 7) is 0.265. The molecule has 1 heterocycles. The standard InChI is InChI=1S/C20H15ClFNO3/c21-15-6-9-19(26-12-13-4-7-16(22)8-5-13)14(10-15)11-17-2-1-3-18(23-17)20(24)25/h1-10H,11-12H2,(H,24,25)/p-1. The summed E-state index contributed by atoms with van der Waals surface area (Å²) in [5.41, 5.74) is 2.02. The van der Waals surface area contributed by atoms with Crippen LogP contribution in [0, 0.1) is 5.82 Å². The lowest BCUT2D eigenvalue weighted by molar-refractivity contribution is -0.255. The molecule has 0 aliphatic heterocycles. The Morgan fingerprint density at radius 1 is 1.12 bits per heavy atom. The van der Waals surface area contributed by atoms with Crippen LogP contribution in [0.4, 0.5) is 4.39 Å². The van der Waals surface area contributed by atoms with Crippen molar-refractivity contribution in [3.8, 4) is 5.75 Å². The van der Waals surface area contributed by atoms with Crippen LogP contribution < -0.4 is 9.84 Å². The third-order valence-corrected chi connectivity index (χ3v) is 3.95. The van der Waals surface area contributed by atoms with Crippen LogP contribution >= 0.6 is 11.6 Å².